The number of amides is 1. The maximum atomic E-state index is 11.0. The molecule has 1 amide bonds. The highest BCUT2D eigenvalue weighted by molar-refractivity contribution is 5.81. The first-order valence-corrected chi connectivity index (χ1v) is 4.05. The Morgan fingerprint density at radius 2 is 2.20 bits per heavy atom. The molecule has 0 atom stereocenters. The summed E-state index contributed by atoms with van der Waals surface area (Å²) in [6.45, 7) is 0.952. The third-order valence-corrected chi connectivity index (χ3v) is 1.45. The van der Waals surface area contributed by atoms with Crippen molar-refractivity contribution in [2.45, 2.75) is 6.92 Å². The number of aromatic hydroxyl groups is 2. The zero-order chi connectivity index (χ0) is 11.4. The van der Waals surface area contributed by atoms with Crippen LogP contribution in [0.15, 0.2) is 6.07 Å². The molecule has 0 bridgehead atoms. The second-order valence-electron chi connectivity index (χ2n) is 2.75. The van der Waals surface area contributed by atoms with Crippen LogP contribution in [-0.4, -0.2) is 33.6 Å². The highest BCUT2D eigenvalue weighted by Crippen LogP contribution is 2.29. The van der Waals surface area contributed by atoms with E-state index in [1.54, 1.807) is 0 Å². The molecule has 82 valence electrons. The highest BCUT2D eigenvalue weighted by Gasteiger charge is 2.12. The molecule has 4 N–H and O–H groups in total. The van der Waals surface area contributed by atoms with E-state index in [2.05, 4.69) is 15.0 Å². The van der Waals surface area contributed by atoms with Gasteiger partial charge in [0.05, 0.1) is 0 Å². The number of hydrogen-bond donors (Lipinski definition) is 4. The summed E-state index contributed by atoms with van der Waals surface area (Å²) in [5, 5.41) is 20.2. The van der Waals surface area contributed by atoms with E-state index in [0.717, 1.165) is 6.07 Å². The Bertz CT molecular complexity index is 384. The number of aromatic amines is 1. The molecule has 0 aromatic carbocycles. The third kappa shape index (κ3) is 3.22. The molecule has 7 heteroatoms. The molecule has 0 radical (unpaired) electrons. The lowest BCUT2D eigenvalue weighted by atomic mass is 10.5. The van der Waals surface area contributed by atoms with Gasteiger partial charge in [0.1, 0.15) is 6.54 Å². The predicted molar refractivity (Wildman–Crippen MR) is 48.4 cm³/mol. The number of aromatic nitrogens is 1. The molecule has 1 rings (SSSR count). The monoisotopic (exact) mass is 214 g/mol. The first-order chi connectivity index (χ1) is 6.99. The van der Waals surface area contributed by atoms with E-state index in [1.165, 1.54) is 6.92 Å². The van der Waals surface area contributed by atoms with Crippen molar-refractivity contribution in [2.24, 2.45) is 0 Å². The van der Waals surface area contributed by atoms with E-state index in [-0.39, 0.29) is 24.1 Å². The van der Waals surface area contributed by atoms with Crippen LogP contribution in [0.5, 0.6) is 17.5 Å². The number of hydrogen-bond acceptors (Lipinski definition) is 5. The van der Waals surface area contributed by atoms with Crippen LogP contribution in [0.25, 0.3) is 0 Å². The Morgan fingerprint density at radius 3 is 2.67 bits per heavy atom. The van der Waals surface area contributed by atoms with Gasteiger partial charge < -0.3 is 20.3 Å². The first-order valence-electron chi connectivity index (χ1n) is 4.05. The van der Waals surface area contributed by atoms with Crippen LogP contribution in [-0.2, 0) is 9.59 Å². The van der Waals surface area contributed by atoms with Crippen LogP contribution >= 0.6 is 0 Å². The second-order valence-corrected chi connectivity index (χ2v) is 2.75. The number of carbonyl (C=O) groups excluding carboxylic acids is 2. The zero-order valence-corrected chi connectivity index (χ0v) is 7.90. The summed E-state index contributed by atoms with van der Waals surface area (Å²) in [5.74, 6) is -2.09. The van der Waals surface area contributed by atoms with Gasteiger partial charge in [0, 0.05) is 13.0 Å². The molecule has 0 unspecified atom stereocenters. The predicted octanol–water partition coefficient (Wildman–Crippen LogP) is -0.533. The molecular formula is C8H10N2O5. The molecular weight excluding hydrogens is 204 g/mol. The normalized spacial score (nSPS) is 9.67. The minimum Gasteiger partial charge on any atom is -0.494 e. The Morgan fingerprint density at radius 1 is 1.53 bits per heavy atom. The van der Waals surface area contributed by atoms with Crippen molar-refractivity contribution in [3.05, 3.63) is 6.07 Å². The van der Waals surface area contributed by atoms with Crippen molar-refractivity contribution in [1.82, 2.24) is 10.3 Å². The van der Waals surface area contributed by atoms with Gasteiger partial charge in [0.25, 0.3) is 0 Å². The molecule has 0 saturated heterocycles. The van der Waals surface area contributed by atoms with Crippen LogP contribution in [0.2, 0.25) is 0 Å². The van der Waals surface area contributed by atoms with Crippen molar-refractivity contribution in [1.29, 1.82) is 0 Å². The molecule has 0 aliphatic carbocycles. The molecule has 0 spiro atoms. The minimum atomic E-state index is -0.750. The number of rotatable bonds is 3. The van der Waals surface area contributed by atoms with E-state index in [0.29, 0.717) is 0 Å². The van der Waals surface area contributed by atoms with Crippen molar-refractivity contribution >= 4 is 11.9 Å². The van der Waals surface area contributed by atoms with Gasteiger partial charge in [0.15, 0.2) is 11.6 Å². The smallest absolute Gasteiger partial charge is 0.330 e. The second kappa shape index (κ2) is 4.36. The molecule has 1 aromatic heterocycles. The number of ether oxygens (including phenoxy) is 1. The summed E-state index contributed by atoms with van der Waals surface area (Å²) >= 11 is 0. The maximum absolute atomic E-state index is 11.0. The van der Waals surface area contributed by atoms with Crippen LogP contribution in [0.1, 0.15) is 6.92 Å². The van der Waals surface area contributed by atoms with E-state index in [1.807, 2.05) is 0 Å². The maximum Gasteiger partial charge on any atom is 0.330 e. The third-order valence-electron chi connectivity index (χ3n) is 1.45. The van der Waals surface area contributed by atoms with Crippen LogP contribution < -0.4 is 10.1 Å². The molecule has 0 aliphatic rings. The Hall–Kier alpha value is -2.18. The van der Waals surface area contributed by atoms with E-state index >= 15 is 0 Å². The number of H-pyrrole nitrogens is 1. The molecule has 0 fully saturated rings. The Balaban J connectivity index is 2.51. The summed E-state index contributed by atoms with van der Waals surface area (Å²) in [4.78, 5) is 23.6. The van der Waals surface area contributed by atoms with Gasteiger partial charge in [-0.05, 0) is 0 Å². The lowest BCUT2D eigenvalue weighted by Gasteiger charge is -2.02. The SMILES string of the molecule is CC(=O)NCC(=O)Oc1cc(O)[nH]c1O. The van der Waals surface area contributed by atoms with Gasteiger partial charge >= 0.3 is 5.97 Å². The first kappa shape index (κ1) is 10.9. The fraction of sp³-hybridized carbons (Fsp3) is 0.250. The molecule has 1 aromatic rings. The fourth-order valence-electron chi connectivity index (χ4n) is 0.845. The van der Waals surface area contributed by atoms with Crippen molar-refractivity contribution in [2.75, 3.05) is 6.54 Å². The van der Waals surface area contributed by atoms with Gasteiger partial charge in [-0.1, -0.05) is 0 Å². The van der Waals surface area contributed by atoms with Gasteiger partial charge in [-0.25, -0.2) is 4.79 Å². The van der Waals surface area contributed by atoms with Crippen LogP contribution in [0.4, 0.5) is 0 Å². The Labute approximate surface area is 84.7 Å². The zero-order valence-electron chi connectivity index (χ0n) is 7.90. The molecule has 0 saturated carbocycles. The van der Waals surface area contributed by atoms with Crippen LogP contribution in [0.3, 0.4) is 0 Å². The summed E-state index contributed by atoms with van der Waals surface area (Å²) < 4.78 is 4.62. The Kier molecular flexibility index (Phi) is 3.17. The quantitative estimate of drug-likeness (QED) is 0.505. The lowest BCUT2D eigenvalue weighted by Crippen LogP contribution is -2.29. The lowest BCUT2D eigenvalue weighted by molar-refractivity contribution is -0.135. The number of carbonyl (C=O) groups is 2. The summed E-state index contributed by atoms with van der Waals surface area (Å²) in [6, 6.07) is 1.04. The average molecular weight is 214 g/mol. The number of nitrogens with one attached hydrogen (secondary N) is 2. The van der Waals surface area contributed by atoms with Crippen LogP contribution in [0, 0.1) is 0 Å². The largest absolute Gasteiger partial charge is 0.494 e. The summed E-state index contributed by atoms with van der Waals surface area (Å²) in [5.41, 5.74) is 0. The number of esters is 1. The van der Waals surface area contributed by atoms with Gasteiger partial charge in [-0.15, -0.1) is 0 Å². The minimum absolute atomic E-state index is 0.192. The highest BCUT2D eigenvalue weighted by atomic mass is 16.5. The van der Waals surface area contributed by atoms with Gasteiger partial charge in [-0.3, -0.25) is 9.78 Å². The van der Waals surface area contributed by atoms with E-state index in [9.17, 15) is 9.59 Å². The molecule has 0 aliphatic heterocycles. The topological polar surface area (TPSA) is 112 Å². The summed E-state index contributed by atoms with van der Waals surface area (Å²) in [6.07, 6.45) is 0. The van der Waals surface area contributed by atoms with Crippen molar-refractivity contribution in [3.8, 4) is 17.5 Å². The van der Waals surface area contributed by atoms with E-state index in [4.69, 9.17) is 10.2 Å². The summed E-state index contributed by atoms with van der Waals surface area (Å²) in [7, 11) is 0. The molecule has 7 nitrogen and oxygen atoms in total. The van der Waals surface area contributed by atoms with Crippen molar-refractivity contribution in [3.63, 3.8) is 0 Å². The molecule has 15 heavy (non-hydrogen) atoms. The van der Waals surface area contributed by atoms with Gasteiger partial charge in [-0.2, -0.15) is 0 Å². The standard InChI is InChI=1S/C8H10N2O5/c1-4(11)9-3-7(13)15-5-2-6(12)10-8(5)14/h2,10,12,14H,3H2,1H3,(H,9,11). The fourth-order valence-corrected chi connectivity index (χ4v) is 0.845. The van der Waals surface area contributed by atoms with Crippen molar-refractivity contribution < 1.29 is 24.5 Å². The van der Waals surface area contributed by atoms with E-state index < -0.39 is 11.8 Å². The average Bonchev–Trinajstić information content (AvgIpc) is 2.42. The molecule has 1 heterocycles. The van der Waals surface area contributed by atoms with Gasteiger partial charge in [0.2, 0.25) is 11.8 Å².